The molecule has 0 fully saturated rings. The summed E-state index contributed by atoms with van der Waals surface area (Å²) in [5, 5.41) is 19.4. The Morgan fingerprint density at radius 1 is 0.525 bits per heavy atom. The normalized spacial score (nSPS) is 17.9. The molecule has 207 valence electrons. The van der Waals surface area contributed by atoms with E-state index in [4.69, 9.17) is 10.2 Å². The first-order chi connectivity index (χ1) is 19.2. The largest absolute Gasteiger partial charge is 0.400 e. The van der Waals surface area contributed by atoms with E-state index in [0.29, 0.717) is 8.27 Å². The summed E-state index contributed by atoms with van der Waals surface area (Å²) in [5.74, 6) is 0. The van der Waals surface area contributed by atoms with Crippen molar-refractivity contribution < 1.29 is 24.7 Å². The minimum Gasteiger partial charge on any atom is -0.400 e. The van der Waals surface area contributed by atoms with Gasteiger partial charge in [0.15, 0.2) is 0 Å². The number of rotatable bonds is 4. The van der Waals surface area contributed by atoms with Crippen LogP contribution in [0.1, 0.15) is 44.4 Å². The van der Waals surface area contributed by atoms with Gasteiger partial charge in [-0.05, 0) is 0 Å². The molecule has 0 amide bonds. The van der Waals surface area contributed by atoms with Crippen molar-refractivity contribution >= 4 is 19.7 Å². The van der Waals surface area contributed by atoms with Gasteiger partial charge in [-0.2, -0.15) is 0 Å². The van der Waals surface area contributed by atoms with E-state index in [9.17, 15) is 0 Å². The molecule has 2 unspecified atom stereocenters. The van der Waals surface area contributed by atoms with Gasteiger partial charge in [-0.15, -0.1) is 0 Å². The first-order valence-electron chi connectivity index (χ1n) is 13.7. The van der Waals surface area contributed by atoms with Crippen LogP contribution in [0.3, 0.4) is 0 Å². The summed E-state index contributed by atoms with van der Waals surface area (Å²) in [7, 11) is 4.41. The van der Waals surface area contributed by atoms with E-state index in [2.05, 4.69) is 141 Å². The second-order valence-corrected chi connectivity index (χ2v) is 38.8. The SMILES string of the molecule is CC1=Cc2c(-c3ccccc3)cccc2[CH]1[Nb]([CH3])([CH3])(=[SiH2])[CH]1C(C)=Cc2c(-c3ccccc3)cccc21.CO.CO. The number of aliphatic hydroxyl groups is 2. The van der Waals surface area contributed by atoms with Crippen LogP contribution in [-0.4, -0.2) is 32.0 Å². The number of benzene rings is 4. The van der Waals surface area contributed by atoms with Crippen LogP contribution in [0.4, 0.5) is 0 Å². The first kappa shape index (κ1) is 30.2. The van der Waals surface area contributed by atoms with Crippen LogP contribution in [0, 0.1) is 0 Å². The fourth-order valence-corrected chi connectivity index (χ4v) is 26.2. The maximum atomic E-state index is 7.00. The van der Waals surface area contributed by atoms with Crippen molar-refractivity contribution in [3.05, 3.63) is 130 Å². The fourth-order valence-electron chi connectivity index (χ4n) is 7.21. The van der Waals surface area contributed by atoms with E-state index in [0.717, 1.165) is 14.2 Å². The number of allylic oxidation sites excluding steroid dienone is 2. The Kier molecular flexibility index (Phi) is 9.06. The van der Waals surface area contributed by atoms with Gasteiger partial charge >= 0.3 is 219 Å². The molecule has 2 atom stereocenters. The minimum absolute atomic E-state index is 0.537. The molecule has 0 radical (unpaired) electrons. The smallest absolute Gasteiger partial charge is 0.0319 e. The maximum Gasteiger partial charge on any atom is 0.0319 e. The Hall–Kier alpha value is -2.76. The van der Waals surface area contributed by atoms with E-state index < -0.39 is 14.5 Å². The Morgan fingerprint density at radius 3 is 1.23 bits per heavy atom. The molecule has 2 aliphatic carbocycles. The molecule has 2 nitrogen and oxygen atoms in total. The zero-order valence-electron chi connectivity index (χ0n) is 24.6. The summed E-state index contributed by atoms with van der Waals surface area (Å²) in [6.45, 7) is 4.78. The molecule has 0 heterocycles. The van der Waals surface area contributed by atoms with Crippen LogP contribution in [0.5, 0.6) is 0 Å². The van der Waals surface area contributed by atoms with Crippen molar-refractivity contribution in [3.8, 4) is 22.3 Å². The van der Waals surface area contributed by atoms with Crippen LogP contribution in [0.15, 0.2) is 108 Å². The van der Waals surface area contributed by atoms with Gasteiger partial charge in [0.05, 0.1) is 0 Å². The van der Waals surface area contributed by atoms with Crippen molar-refractivity contribution in [2.24, 2.45) is 0 Å². The van der Waals surface area contributed by atoms with Crippen LogP contribution >= 0.6 is 0 Å². The minimum atomic E-state index is -3.36. The average molecular weight is 628 g/mol. The van der Waals surface area contributed by atoms with Gasteiger partial charge in [0.2, 0.25) is 0 Å². The molecule has 2 aliphatic rings. The quantitative estimate of drug-likeness (QED) is 0.224. The Morgan fingerprint density at radius 2 is 0.875 bits per heavy atom. The number of hydrogen-bond donors (Lipinski definition) is 2. The predicted molar refractivity (Wildman–Crippen MR) is 173 cm³/mol. The van der Waals surface area contributed by atoms with Gasteiger partial charge in [0, 0.05) is 14.2 Å². The van der Waals surface area contributed by atoms with E-state index in [1.54, 1.807) is 22.3 Å². The Balaban J connectivity index is 0.000000886. The Bertz CT molecular complexity index is 1510. The van der Waals surface area contributed by atoms with Crippen molar-refractivity contribution in [1.29, 1.82) is 0 Å². The summed E-state index contributed by atoms with van der Waals surface area (Å²) >= 11 is -3.36. The van der Waals surface area contributed by atoms with Crippen LogP contribution in [0.25, 0.3) is 34.4 Å². The molecule has 0 saturated carbocycles. The molecule has 0 bridgehead atoms. The predicted octanol–water partition coefficient (Wildman–Crippen LogP) is 8.19. The molecule has 4 aromatic carbocycles. The number of hydrogen-bond acceptors (Lipinski definition) is 2. The summed E-state index contributed by atoms with van der Waals surface area (Å²) in [4.78, 5) is 0. The van der Waals surface area contributed by atoms with Gasteiger partial charge in [-0.25, -0.2) is 0 Å². The third kappa shape index (κ3) is 5.19. The molecule has 0 saturated heterocycles. The molecule has 6 rings (SSSR count). The molecular weight excluding hydrogens is 585 g/mol. The summed E-state index contributed by atoms with van der Waals surface area (Å²) in [6, 6.07) is 35.8. The molecule has 40 heavy (non-hydrogen) atoms. The molecular formula is C36H42NbO2Si. The van der Waals surface area contributed by atoms with E-state index in [-0.39, 0.29) is 0 Å². The van der Waals surface area contributed by atoms with Gasteiger partial charge in [0.25, 0.3) is 0 Å². The van der Waals surface area contributed by atoms with Crippen molar-refractivity contribution in [3.63, 3.8) is 0 Å². The third-order valence-electron chi connectivity index (χ3n) is 8.34. The fraction of sp³-hybridized carbons (Fsp3) is 0.222. The van der Waals surface area contributed by atoms with Gasteiger partial charge in [-0.3, -0.25) is 0 Å². The molecule has 0 spiro atoms. The molecule has 2 N–H and O–H groups in total. The van der Waals surface area contributed by atoms with Gasteiger partial charge in [-0.1, -0.05) is 0 Å². The second-order valence-electron chi connectivity index (χ2n) is 11.6. The number of aliphatic hydroxyl groups excluding tert-OH is 2. The average Bonchev–Trinajstić information content (AvgIpc) is 3.52. The van der Waals surface area contributed by atoms with Crippen LogP contribution in [-0.2, 0) is 14.5 Å². The molecule has 0 aromatic heterocycles. The monoisotopic (exact) mass is 627 g/mol. The molecule has 4 heteroatoms. The summed E-state index contributed by atoms with van der Waals surface area (Å²) in [5.41, 5.74) is 14.5. The summed E-state index contributed by atoms with van der Waals surface area (Å²) < 4.78 is 1.07. The van der Waals surface area contributed by atoms with Gasteiger partial charge in [0.1, 0.15) is 0 Å². The van der Waals surface area contributed by atoms with Crippen LogP contribution in [0.2, 0.25) is 10.3 Å². The Labute approximate surface area is 242 Å². The van der Waals surface area contributed by atoms with Crippen molar-refractivity contribution in [2.45, 2.75) is 32.4 Å². The summed E-state index contributed by atoms with van der Waals surface area (Å²) in [6.07, 6.45) is 5.01. The van der Waals surface area contributed by atoms with E-state index in [1.165, 1.54) is 33.4 Å². The first-order valence-corrected chi connectivity index (χ1v) is 26.0. The third-order valence-corrected chi connectivity index (χ3v) is 24.4. The standard InChI is InChI=1S/2C16H13.2CH4O.2CH3.Nb.H2Si/c2*1-12-10-14-8-5-9-15(16(14)11-12)13-6-3-2-4-7-13;2*1-2;;;;/h2*2-11H,1H3;2*2H,1H3;2*1H3;;1H2. The van der Waals surface area contributed by atoms with Crippen molar-refractivity contribution in [1.82, 2.24) is 0 Å². The maximum absolute atomic E-state index is 7.00. The topological polar surface area (TPSA) is 40.5 Å². The zero-order chi connectivity index (χ0) is 29.1. The molecule has 0 aliphatic heterocycles. The van der Waals surface area contributed by atoms with Gasteiger partial charge < -0.3 is 10.2 Å². The second kappa shape index (κ2) is 12.0. The number of fused-ring (bicyclic) bond motifs is 2. The molecule has 4 aromatic rings. The van der Waals surface area contributed by atoms with E-state index >= 15 is 0 Å². The van der Waals surface area contributed by atoms with Crippen LogP contribution < -0.4 is 0 Å². The van der Waals surface area contributed by atoms with E-state index in [1.807, 2.05) is 0 Å². The van der Waals surface area contributed by atoms with Crippen molar-refractivity contribution in [2.75, 3.05) is 14.2 Å². The zero-order valence-corrected chi connectivity index (χ0v) is 28.2.